The summed E-state index contributed by atoms with van der Waals surface area (Å²) in [5, 5.41) is 12.6. The Morgan fingerprint density at radius 3 is 2.63 bits per heavy atom. The maximum atomic E-state index is 11.8. The predicted octanol–water partition coefficient (Wildman–Crippen LogP) is 5.58. The number of carbonyl (C=O) groups is 1. The summed E-state index contributed by atoms with van der Waals surface area (Å²) >= 11 is 0. The van der Waals surface area contributed by atoms with Gasteiger partial charge in [-0.15, -0.1) is 0 Å². The van der Waals surface area contributed by atoms with Gasteiger partial charge >= 0.3 is 0 Å². The van der Waals surface area contributed by atoms with Gasteiger partial charge in [0.15, 0.2) is 0 Å². The van der Waals surface area contributed by atoms with Crippen molar-refractivity contribution in [2.75, 3.05) is 5.32 Å². The third kappa shape index (κ3) is 3.80. The molecule has 8 nitrogen and oxygen atoms in total. The number of aromatic nitrogens is 6. The van der Waals surface area contributed by atoms with Gasteiger partial charge in [0.25, 0.3) is 0 Å². The van der Waals surface area contributed by atoms with Crippen LogP contribution in [0.15, 0.2) is 79.5 Å². The second-order valence-electron chi connectivity index (χ2n) is 8.24. The number of fused-ring (bicyclic) bond motifs is 2. The van der Waals surface area contributed by atoms with E-state index in [0.717, 1.165) is 55.6 Å². The highest BCUT2D eigenvalue weighted by Crippen LogP contribution is 2.34. The molecular formula is C27H21N7O. The van der Waals surface area contributed by atoms with Crippen LogP contribution in [0.1, 0.15) is 13.3 Å². The Hall–Kier alpha value is -4.85. The smallest absolute Gasteiger partial charge is 0.224 e. The first-order chi connectivity index (χ1) is 17.2. The fraction of sp³-hybridized carbons (Fsp3) is 0.0741. The molecule has 0 aliphatic carbocycles. The first-order valence-corrected chi connectivity index (χ1v) is 11.3. The van der Waals surface area contributed by atoms with E-state index < -0.39 is 0 Å². The zero-order valence-corrected chi connectivity index (χ0v) is 18.9. The number of anilines is 1. The third-order valence-corrected chi connectivity index (χ3v) is 6.02. The van der Waals surface area contributed by atoms with Crippen molar-refractivity contribution in [3.8, 4) is 33.6 Å². The van der Waals surface area contributed by atoms with Gasteiger partial charge in [-0.25, -0.2) is 4.98 Å². The number of carbonyl (C=O) groups excluding carboxylic acids is 1. The van der Waals surface area contributed by atoms with Crippen LogP contribution in [0.4, 0.5) is 5.69 Å². The summed E-state index contributed by atoms with van der Waals surface area (Å²) in [5.74, 6) is -0.0462. The number of benzene rings is 1. The monoisotopic (exact) mass is 459 g/mol. The van der Waals surface area contributed by atoms with Crippen molar-refractivity contribution in [3.63, 3.8) is 0 Å². The molecule has 8 heteroatoms. The number of amides is 1. The van der Waals surface area contributed by atoms with Crippen LogP contribution in [0.5, 0.6) is 0 Å². The van der Waals surface area contributed by atoms with E-state index in [4.69, 9.17) is 0 Å². The lowest BCUT2D eigenvalue weighted by molar-refractivity contribution is -0.115. The van der Waals surface area contributed by atoms with Crippen LogP contribution in [-0.2, 0) is 4.79 Å². The standard InChI is InChI=1S/C27H21N7O/c1-2-25(35)31-19-11-18(14-29-15-19)17-3-4-23-22(12-17)26(34-33-23)24-13-21-20(7-10-30-27(21)32-24)16-5-8-28-9-6-16/h3-15H,2H2,1H3,(H,30,32)(H,31,35)(H,33,34). The molecule has 0 spiro atoms. The molecule has 5 heterocycles. The van der Waals surface area contributed by atoms with Crippen molar-refractivity contribution >= 4 is 33.5 Å². The molecule has 35 heavy (non-hydrogen) atoms. The van der Waals surface area contributed by atoms with Crippen molar-refractivity contribution in [2.45, 2.75) is 13.3 Å². The Morgan fingerprint density at radius 1 is 0.886 bits per heavy atom. The molecule has 0 unspecified atom stereocenters. The molecule has 0 atom stereocenters. The van der Waals surface area contributed by atoms with Crippen LogP contribution in [0.25, 0.3) is 55.6 Å². The minimum Gasteiger partial charge on any atom is -0.338 e. The van der Waals surface area contributed by atoms with Crippen molar-refractivity contribution in [1.82, 2.24) is 30.1 Å². The summed E-state index contributed by atoms with van der Waals surface area (Å²) in [6.07, 6.45) is 9.23. The summed E-state index contributed by atoms with van der Waals surface area (Å²) in [5.41, 5.74) is 8.12. The van der Waals surface area contributed by atoms with E-state index in [-0.39, 0.29) is 5.91 Å². The van der Waals surface area contributed by atoms with E-state index in [9.17, 15) is 4.79 Å². The van der Waals surface area contributed by atoms with E-state index in [0.29, 0.717) is 12.1 Å². The average molecular weight is 460 g/mol. The topological polar surface area (TPSA) is 112 Å². The zero-order chi connectivity index (χ0) is 23.8. The van der Waals surface area contributed by atoms with Crippen LogP contribution < -0.4 is 5.32 Å². The number of nitrogens with one attached hydrogen (secondary N) is 3. The molecule has 0 bridgehead atoms. The Morgan fingerprint density at radius 2 is 1.77 bits per heavy atom. The summed E-state index contributed by atoms with van der Waals surface area (Å²) < 4.78 is 0. The molecule has 6 aromatic rings. The maximum absolute atomic E-state index is 11.8. The van der Waals surface area contributed by atoms with Gasteiger partial charge in [-0.2, -0.15) is 5.10 Å². The maximum Gasteiger partial charge on any atom is 0.224 e. The zero-order valence-electron chi connectivity index (χ0n) is 18.9. The van der Waals surface area contributed by atoms with Crippen molar-refractivity contribution in [1.29, 1.82) is 0 Å². The number of rotatable bonds is 5. The first kappa shape index (κ1) is 20.7. The third-order valence-electron chi connectivity index (χ3n) is 6.02. The van der Waals surface area contributed by atoms with Crippen molar-refractivity contribution in [3.05, 3.63) is 79.5 Å². The normalized spacial score (nSPS) is 11.2. The largest absolute Gasteiger partial charge is 0.338 e. The molecule has 3 N–H and O–H groups in total. The van der Waals surface area contributed by atoms with Crippen LogP contribution in [0, 0.1) is 0 Å². The summed E-state index contributed by atoms with van der Waals surface area (Å²) in [7, 11) is 0. The molecule has 170 valence electrons. The van der Waals surface area contributed by atoms with E-state index >= 15 is 0 Å². The lowest BCUT2D eigenvalue weighted by atomic mass is 10.0. The number of hydrogen-bond donors (Lipinski definition) is 3. The summed E-state index contributed by atoms with van der Waals surface area (Å²) in [4.78, 5) is 28.2. The Balaban J connectivity index is 1.43. The number of pyridine rings is 3. The first-order valence-electron chi connectivity index (χ1n) is 11.3. The highest BCUT2D eigenvalue weighted by molar-refractivity contribution is 6.00. The molecule has 0 saturated carbocycles. The Labute approximate surface area is 200 Å². The summed E-state index contributed by atoms with van der Waals surface area (Å²) in [6.45, 7) is 1.82. The van der Waals surface area contributed by atoms with E-state index in [1.165, 1.54) is 0 Å². The molecule has 1 aromatic carbocycles. The van der Waals surface area contributed by atoms with Crippen LogP contribution in [-0.4, -0.2) is 36.0 Å². The molecular weight excluding hydrogens is 438 g/mol. The lowest BCUT2D eigenvalue weighted by Crippen LogP contribution is -2.09. The van der Waals surface area contributed by atoms with Gasteiger partial charge in [0.1, 0.15) is 11.3 Å². The second kappa shape index (κ2) is 8.49. The van der Waals surface area contributed by atoms with E-state index in [2.05, 4.69) is 47.6 Å². The van der Waals surface area contributed by atoms with E-state index in [1.54, 1.807) is 31.0 Å². The van der Waals surface area contributed by atoms with Crippen LogP contribution >= 0.6 is 0 Å². The SMILES string of the molecule is CCC(=O)Nc1cncc(-c2ccc3[nH]nc(-c4cc5c(-c6ccncc6)ccnc5[nH]4)c3c2)c1. The van der Waals surface area contributed by atoms with Crippen LogP contribution in [0.2, 0.25) is 0 Å². The Bertz CT molecular complexity index is 1680. The minimum atomic E-state index is -0.0462. The molecule has 0 radical (unpaired) electrons. The van der Waals surface area contributed by atoms with Gasteiger partial charge in [0.05, 0.1) is 23.1 Å². The van der Waals surface area contributed by atoms with Crippen molar-refractivity contribution < 1.29 is 4.79 Å². The fourth-order valence-corrected chi connectivity index (χ4v) is 4.25. The van der Waals surface area contributed by atoms with Gasteiger partial charge in [0.2, 0.25) is 5.91 Å². The molecule has 0 fully saturated rings. The molecule has 5 aromatic heterocycles. The fourth-order valence-electron chi connectivity index (χ4n) is 4.25. The number of nitrogens with zero attached hydrogens (tertiary/aromatic N) is 4. The number of H-pyrrole nitrogens is 2. The van der Waals surface area contributed by atoms with Gasteiger partial charge in [-0.05, 0) is 59.2 Å². The molecule has 0 aliphatic heterocycles. The highest BCUT2D eigenvalue weighted by atomic mass is 16.1. The van der Waals surface area contributed by atoms with Gasteiger partial charge in [-0.1, -0.05) is 13.0 Å². The van der Waals surface area contributed by atoms with E-state index in [1.807, 2.05) is 43.3 Å². The Kier molecular flexibility index (Phi) is 5.03. The average Bonchev–Trinajstić information content (AvgIpc) is 3.53. The molecule has 6 rings (SSSR count). The van der Waals surface area contributed by atoms with Gasteiger partial charge in [-0.3, -0.25) is 19.9 Å². The lowest BCUT2D eigenvalue weighted by Gasteiger charge is -2.06. The second-order valence-corrected chi connectivity index (χ2v) is 8.24. The van der Waals surface area contributed by atoms with Crippen molar-refractivity contribution in [2.24, 2.45) is 0 Å². The molecule has 1 amide bonds. The number of hydrogen-bond acceptors (Lipinski definition) is 5. The number of aromatic amines is 2. The van der Waals surface area contributed by atoms with Crippen LogP contribution in [0.3, 0.4) is 0 Å². The van der Waals surface area contributed by atoms with Gasteiger partial charge < -0.3 is 10.3 Å². The summed E-state index contributed by atoms with van der Waals surface area (Å²) in [6, 6.07) is 16.1. The molecule has 0 saturated heterocycles. The van der Waals surface area contributed by atoms with Gasteiger partial charge in [0, 0.05) is 47.5 Å². The predicted molar refractivity (Wildman–Crippen MR) is 137 cm³/mol. The minimum absolute atomic E-state index is 0.0462. The highest BCUT2D eigenvalue weighted by Gasteiger charge is 2.15. The quantitative estimate of drug-likeness (QED) is 0.312. The molecule has 0 aliphatic rings.